The Hall–Kier alpha value is 0.249. The van der Waals surface area contributed by atoms with Gasteiger partial charge < -0.3 is 24.8 Å². The molecule has 1 heterocycles. The van der Waals surface area contributed by atoms with Gasteiger partial charge in [0.25, 0.3) is 0 Å². The van der Waals surface area contributed by atoms with Crippen molar-refractivity contribution in [3.8, 4) is 0 Å². The molecule has 0 N–H and O–H groups in total. The molecule has 0 aliphatic rings. The minimum atomic E-state index is 0. The number of aromatic nitrogens is 1. The van der Waals surface area contributed by atoms with Gasteiger partial charge in [0.1, 0.15) is 0 Å². The molecule has 0 atom stereocenters. The van der Waals surface area contributed by atoms with Gasteiger partial charge >= 0.3 is 17.1 Å². The summed E-state index contributed by atoms with van der Waals surface area (Å²) in [6.07, 6.45) is 1.79. The number of halogens is 2. The van der Waals surface area contributed by atoms with E-state index in [4.69, 9.17) is 0 Å². The quantitative estimate of drug-likeness (QED) is 0.400. The van der Waals surface area contributed by atoms with Crippen LogP contribution in [0.3, 0.4) is 0 Å². The van der Waals surface area contributed by atoms with Gasteiger partial charge in [0, 0.05) is 11.9 Å². The molecule has 1 aromatic rings. The van der Waals surface area contributed by atoms with Crippen molar-refractivity contribution in [1.82, 2.24) is 4.98 Å². The second-order valence-electron chi connectivity index (χ2n) is 1.47. The molecule has 4 heteroatoms. The summed E-state index contributed by atoms with van der Waals surface area (Å²) < 4.78 is 0. The van der Waals surface area contributed by atoms with Crippen molar-refractivity contribution < 1.29 is 41.9 Å². The third-order valence-electron chi connectivity index (χ3n) is 0.813. The van der Waals surface area contributed by atoms with Crippen LogP contribution < -0.4 is 24.8 Å². The van der Waals surface area contributed by atoms with Crippen molar-refractivity contribution in [2.45, 2.75) is 6.92 Å². The van der Waals surface area contributed by atoms with Crippen LogP contribution in [0.1, 0.15) is 5.69 Å². The van der Waals surface area contributed by atoms with Gasteiger partial charge in [0.15, 0.2) is 0 Å². The normalized spacial score (nSPS) is 6.10. The molecule has 1 radical (unpaired) electrons. The van der Waals surface area contributed by atoms with Crippen molar-refractivity contribution in [2.75, 3.05) is 0 Å². The molecule has 0 fully saturated rings. The first-order valence-electron chi connectivity index (χ1n) is 2.27. The molecule has 0 saturated carbocycles. The Morgan fingerprint density at radius 1 is 1.20 bits per heavy atom. The fourth-order valence-corrected chi connectivity index (χ4v) is 0.448. The maximum absolute atomic E-state index is 3.98. The zero-order valence-electron chi connectivity index (χ0n) is 5.39. The fourth-order valence-electron chi connectivity index (χ4n) is 0.448. The van der Waals surface area contributed by atoms with E-state index in [-0.39, 0.29) is 41.9 Å². The first kappa shape index (κ1) is 16.7. The monoisotopic (exact) mass is 218 g/mol. The summed E-state index contributed by atoms with van der Waals surface area (Å²) in [5, 5.41) is 0. The topological polar surface area (TPSA) is 12.9 Å². The number of rotatable bonds is 0. The second kappa shape index (κ2) is 9.25. The van der Waals surface area contributed by atoms with Gasteiger partial charge in [-0.1, -0.05) is 6.07 Å². The van der Waals surface area contributed by atoms with Crippen molar-refractivity contribution >= 4 is 0 Å². The Bertz CT molecular complexity index is 146. The van der Waals surface area contributed by atoms with Crippen molar-refractivity contribution in [1.29, 1.82) is 0 Å². The molecule has 10 heavy (non-hydrogen) atoms. The number of hydrogen-bond donors (Lipinski definition) is 0. The van der Waals surface area contributed by atoms with Crippen LogP contribution in [0.5, 0.6) is 0 Å². The van der Waals surface area contributed by atoms with E-state index < -0.39 is 0 Å². The molecule has 1 aromatic heterocycles. The van der Waals surface area contributed by atoms with E-state index in [1.807, 2.05) is 25.1 Å². The molecule has 57 valence electrons. The predicted octanol–water partition coefficient (Wildman–Crippen LogP) is -4.60. The van der Waals surface area contributed by atoms with Gasteiger partial charge in [-0.3, -0.25) is 4.98 Å². The first-order chi connectivity index (χ1) is 3.39. The zero-order valence-corrected chi connectivity index (χ0v) is 8.08. The molecule has 0 aliphatic carbocycles. The summed E-state index contributed by atoms with van der Waals surface area (Å²) in [4.78, 5) is 3.98. The van der Waals surface area contributed by atoms with Gasteiger partial charge in [0.2, 0.25) is 0 Å². The van der Waals surface area contributed by atoms with Crippen LogP contribution in [-0.2, 0) is 17.1 Å². The van der Waals surface area contributed by atoms with E-state index in [9.17, 15) is 0 Å². The molecule has 1 rings (SSSR count). The molecule has 0 aromatic carbocycles. The van der Waals surface area contributed by atoms with Crippen molar-refractivity contribution in [3.05, 3.63) is 30.1 Å². The minimum Gasteiger partial charge on any atom is -1.00 e. The third kappa shape index (κ3) is 6.37. The van der Waals surface area contributed by atoms with Gasteiger partial charge in [0.05, 0.1) is 0 Å². The van der Waals surface area contributed by atoms with Gasteiger partial charge in [-0.05, 0) is 19.1 Å². The van der Waals surface area contributed by atoms with Gasteiger partial charge in [-0.25, -0.2) is 0 Å². The molecule has 1 nitrogen and oxygen atoms in total. The number of aryl methyl sites for hydroxylation is 1. The smallest absolute Gasteiger partial charge is 1.00 e. The molecule has 0 bridgehead atoms. The summed E-state index contributed by atoms with van der Waals surface area (Å²) in [6, 6.07) is 5.86. The van der Waals surface area contributed by atoms with Crippen LogP contribution in [0.4, 0.5) is 0 Å². The predicted molar refractivity (Wildman–Crippen MR) is 29.0 cm³/mol. The third-order valence-corrected chi connectivity index (χ3v) is 0.813. The summed E-state index contributed by atoms with van der Waals surface area (Å²) in [6.45, 7) is 1.97. The standard InChI is InChI=1S/C6H7N.2ClH.Mn/c1-6-4-2-3-5-7-6;;;/h2-5H,1H3;2*1H;/q;;;+2/p-2. The Morgan fingerprint density at radius 2 is 1.80 bits per heavy atom. The van der Waals surface area contributed by atoms with E-state index in [0.717, 1.165) is 5.69 Å². The maximum atomic E-state index is 3.98. The fraction of sp³-hybridized carbons (Fsp3) is 0.167. The molecular weight excluding hydrogens is 212 g/mol. The molecular formula is C6H7Cl2MnN. The Morgan fingerprint density at radius 3 is 2.00 bits per heavy atom. The average molecular weight is 219 g/mol. The summed E-state index contributed by atoms with van der Waals surface area (Å²) >= 11 is 0. The summed E-state index contributed by atoms with van der Waals surface area (Å²) in [5.74, 6) is 0. The van der Waals surface area contributed by atoms with E-state index in [1.165, 1.54) is 0 Å². The summed E-state index contributed by atoms with van der Waals surface area (Å²) in [5.41, 5.74) is 1.07. The number of nitrogens with zero attached hydrogens (tertiary/aromatic N) is 1. The Kier molecular flexibility index (Phi) is 15.4. The summed E-state index contributed by atoms with van der Waals surface area (Å²) in [7, 11) is 0. The van der Waals surface area contributed by atoms with E-state index in [2.05, 4.69) is 4.98 Å². The molecule has 0 amide bonds. The van der Waals surface area contributed by atoms with Crippen LogP contribution in [0.15, 0.2) is 24.4 Å². The largest absolute Gasteiger partial charge is 2.00 e. The number of pyridine rings is 1. The van der Waals surface area contributed by atoms with E-state index in [0.29, 0.717) is 0 Å². The molecule has 0 aliphatic heterocycles. The van der Waals surface area contributed by atoms with Crippen LogP contribution in [0, 0.1) is 6.92 Å². The van der Waals surface area contributed by atoms with Gasteiger partial charge in [-0.15, -0.1) is 0 Å². The molecule has 0 saturated heterocycles. The molecule has 0 spiro atoms. The van der Waals surface area contributed by atoms with Crippen molar-refractivity contribution in [2.24, 2.45) is 0 Å². The first-order valence-corrected chi connectivity index (χ1v) is 2.27. The van der Waals surface area contributed by atoms with Crippen LogP contribution in [0.25, 0.3) is 0 Å². The van der Waals surface area contributed by atoms with Gasteiger partial charge in [-0.2, -0.15) is 0 Å². The van der Waals surface area contributed by atoms with E-state index in [1.54, 1.807) is 6.20 Å². The second-order valence-corrected chi connectivity index (χ2v) is 1.47. The Labute approximate surface area is 83.9 Å². The number of hydrogen-bond acceptors (Lipinski definition) is 1. The van der Waals surface area contributed by atoms with Crippen LogP contribution in [-0.4, -0.2) is 4.98 Å². The maximum Gasteiger partial charge on any atom is 2.00 e. The average Bonchev–Trinajstić information content (AvgIpc) is 1.69. The van der Waals surface area contributed by atoms with Crippen LogP contribution in [0.2, 0.25) is 0 Å². The molecule has 0 unspecified atom stereocenters. The zero-order chi connectivity index (χ0) is 5.11. The Balaban J connectivity index is -0.000000163. The van der Waals surface area contributed by atoms with Crippen LogP contribution >= 0.6 is 0 Å². The minimum absolute atomic E-state index is 0. The van der Waals surface area contributed by atoms with E-state index >= 15 is 0 Å². The SMILES string of the molecule is Cc1ccccn1.[Cl-].[Cl-].[Mn+2]. The van der Waals surface area contributed by atoms with Crippen molar-refractivity contribution in [3.63, 3.8) is 0 Å².